The van der Waals surface area contributed by atoms with Crippen molar-refractivity contribution in [3.05, 3.63) is 46.7 Å². The fraction of sp³-hybridized carbons (Fsp3) is 0.294. The Kier molecular flexibility index (Phi) is 5.66. The van der Waals surface area contributed by atoms with Gasteiger partial charge in [-0.3, -0.25) is 4.79 Å². The lowest BCUT2D eigenvalue weighted by Gasteiger charge is -2.20. The average Bonchev–Trinajstić information content (AvgIpc) is 2.94. The van der Waals surface area contributed by atoms with Gasteiger partial charge in [-0.2, -0.15) is 0 Å². The van der Waals surface area contributed by atoms with Gasteiger partial charge in [0.05, 0.1) is 0 Å². The number of amides is 1. The maximum atomic E-state index is 12.8. The first-order chi connectivity index (χ1) is 11.3. The number of nitrogens with zero attached hydrogens (tertiary/aromatic N) is 2. The van der Waals surface area contributed by atoms with Crippen LogP contribution in [-0.4, -0.2) is 35.2 Å². The van der Waals surface area contributed by atoms with Crippen LogP contribution in [0.4, 0.5) is 5.69 Å². The molecule has 0 aliphatic heterocycles. The second kappa shape index (κ2) is 7.53. The van der Waals surface area contributed by atoms with Gasteiger partial charge in [0.2, 0.25) is 0 Å². The minimum absolute atomic E-state index is 0.131. The molecule has 6 nitrogen and oxygen atoms in total. The molecule has 128 valence electrons. The van der Waals surface area contributed by atoms with Crippen LogP contribution in [0, 0.1) is 0 Å². The van der Waals surface area contributed by atoms with Gasteiger partial charge in [-0.1, -0.05) is 0 Å². The minimum Gasteiger partial charge on any atom is -0.482 e. The van der Waals surface area contributed by atoms with Crippen molar-refractivity contribution >= 4 is 33.5 Å². The second-order valence-electron chi connectivity index (χ2n) is 5.59. The van der Waals surface area contributed by atoms with Gasteiger partial charge in [0.15, 0.2) is 6.61 Å². The highest BCUT2D eigenvalue weighted by atomic mass is 79.9. The Labute approximate surface area is 148 Å². The highest BCUT2D eigenvalue weighted by molar-refractivity contribution is 9.10. The predicted molar refractivity (Wildman–Crippen MR) is 94.8 cm³/mol. The SMILES string of the molecule is CC(C)n1cc(Br)cc1C(=O)N(C)c1ccc(OCC(=O)O)cc1. The van der Waals surface area contributed by atoms with Gasteiger partial charge >= 0.3 is 5.97 Å². The average molecular weight is 395 g/mol. The number of hydrogen-bond acceptors (Lipinski definition) is 3. The van der Waals surface area contributed by atoms with Crippen LogP contribution in [0.15, 0.2) is 41.0 Å². The maximum Gasteiger partial charge on any atom is 0.341 e. The summed E-state index contributed by atoms with van der Waals surface area (Å²) >= 11 is 3.41. The van der Waals surface area contributed by atoms with Crippen molar-refractivity contribution in [3.63, 3.8) is 0 Å². The first-order valence-corrected chi connectivity index (χ1v) is 8.19. The summed E-state index contributed by atoms with van der Waals surface area (Å²) in [5.41, 5.74) is 1.28. The molecule has 0 aliphatic rings. The quantitative estimate of drug-likeness (QED) is 0.812. The first-order valence-electron chi connectivity index (χ1n) is 7.39. The highest BCUT2D eigenvalue weighted by Crippen LogP contribution is 2.24. The molecule has 1 aromatic carbocycles. The van der Waals surface area contributed by atoms with Gasteiger partial charge < -0.3 is 19.3 Å². The molecule has 0 aliphatic carbocycles. The molecular formula is C17H19BrN2O4. The summed E-state index contributed by atoms with van der Waals surface area (Å²) in [5.74, 6) is -0.727. The summed E-state index contributed by atoms with van der Waals surface area (Å²) in [7, 11) is 1.70. The monoisotopic (exact) mass is 394 g/mol. The van der Waals surface area contributed by atoms with E-state index in [2.05, 4.69) is 15.9 Å². The number of rotatable bonds is 6. The van der Waals surface area contributed by atoms with E-state index in [1.807, 2.05) is 24.6 Å². The Bertz CT molecular complexity index is 738. The number of anilines is 1. The molecule has 0 fully saturated rings. The number of aliphatic carboxylic acids is 1. The molecule has 0 radical (unpaired) electrons. The van der Waals surface area contributed by atoms with E-state index in [-0.39, 0.29) is 11.9 Å². The summed E-state index contributed by atoms with van der Waals surface area (Å²) in [5, 5.41) is 8.61. The van der Waals surface area contributed by atoms with Crippen LogP contribution in [0.5, 0.6) is 5.75 Å². The molecule has 2 aromatic rings. The van der Waals surface area contributed by atoms with Crippen molar-refractivity contribution in [1.82, 2.24) is 4.57 Å². The van der Waals surface area contributed by atoms with Gasteiger partial charge in [-0.15, -0.1) is 0 Å². The highest BCUT2D eigenvalue weighted by Gasteiger charge is 2.19. The Morgan fingerprint density at radius 1 is 1.29 bits per heavy atom. The topological polar surface area (TPSA) is 71.8 Å². The number of halogens is 1. The maximum absolute atomic E-state index is 12.8. The van der Waals surface area contributed by atoms with Crippen molar-refractivity contribution in [1.29, 1.82) is 0 Å². The lowest BCUT2D eigenvalue weighted by Crippen LogP contribution is -2.28. The number of benzene rings is 1. The van der Waals surface area contributed by atoms with E-state index in [1.165, 1.54) is 0 Å². The largest absolute Gasteiger partial charge is 0.482 e. The molecule has 0 saturated carbocycles. The number of carbonyl (C=O) groups excluding carboxylic acids is 1. The third-order valence-electron chi connectivity index (χ3n) is 3.48. The standard InChI is InChI=1S/C17H19BrN2O4/c1-11(2)20-9-12(18)8-15(20)17(23)19(3)13-4-6-14(7-5-13)24-10-16(21)22/h4-9,11H,10H2,1-3H3,(H,21,22). The van der Waals surface area contributed by atoms with Gasteiger partial charge in [0.25, 0.3) is 5.91 Å². The van der Waals surface area contributed by atoms with Crippen molar-refractivity contribution < 1.29 is 19.4 Å². The lowest BCUT2D eigenvalue weighted by atomic mass is 10.2. The van der Waals surface area contributed by atoms with E-state index in [4.69, 9.17) is 9.84 Å². The number of carbonyl (C=O) groups is 2. The smallest absolute Gasteiger partial charge is 0.341 e. The second-order valence-corrected chi connectivity index (χ2v) is 6.50. The molecule has 24 heavy (non-hydrogen) atoms. The molecule has 0 spiro atoms. The molecule has 1 heterocycles. The number of aromatic nitrogens is 1. The Morgan fingerprint density at radius 3 is 2.46 bits per heavy atom. The van der Waals surface area contributed by atoms with Gasteiger partial charge in [0, 0.05) is 29.4 Å². The molecule has 7 heteroatoms. The van der Waals surface area contributed by atoms with Crippen LogP contribution >= 0.6 is 15.9 Å². The summed E-state index contributed by atoms with van der Waals surface area (Å²) in [6.07, 6.45) is 1.88. The minimum atomic E-state index is -1.04. The Hall–Kier alpha value is -2.28. The molecule has 0 unspecified atom stereocenters. The molecule has 1 N–H and O–H groups in total. The van der Waals surface area contributed by atoms with Crippen molar-refractivity contribution in [2.75, 3.05) is 18.6 Å². The molecule has 1 aromatic heterocycles. The normalized spacial score (nSPS) is 10.7. The molecule has 2 rings (SSSR count). The molecule has 0 atom stereocenters. The zero-order valence-corrected chi connectivity index (χ0v) is 15.3. The van der Waals surface area contributed by atoms with Crippen molar-refractivity contribution in [2.24, 2.45) is 0 Å². The summed E-state index contributed by atoms with van der Waals surface area (Å²) in [6, 6.07) is 8.66. The first kappa shape index (κ1) is 18.1. The van der Waals surface area contributed by atoms with E-state index >= 15 is 0 Å². The van der Waals surface area contributed by atoms with Crippen LogP contribution in [0.3, 0.4) is 0 Å². The molecule has 1 amide bonds. The lowest BCUT2D eigenvalue weighted by molar-refractivity contribution is -0.139. The molecule has 0 saturated heterocycles. The van der Waals surface area contributed by atoms with Crippen molar-refractivity contribution in [2.45, 2.75) is 19.9 Å². The number of hydrogen-bond donors (Lipinski definition) is 1. The van der Waals surface area contributed by atoms with Crippen LogP contribution < -0.4 is 9.64 Å². The van der Waals surface area contributed by atoms with E-state index in [1.54, 1.807) is 42.3 Å². The van der Waals surface area contributed by atoms with Gasteiger partial charge in [-0.05, 0) is 60.1 Å². The molecule has 0 bridgehead atoms. The summed E-state index contributed by atoms with van der Waals surface area (Å²) in [6.45, 7) is 3.62. The van der Waals surface area contributed by atoms with Gasteiger partial charge in [0.1, 0.15) is 11.4 Å². The zero-order valence-electron chi connectivity index (χ0n) is 13.7. The predicted octanol–water partition coefficient (Wildman–Crippen LogP) is 3.57. The fourth-order valence-corrected chi connectivity index (χ4v) is 2.68. The fourth-order valence-electron chi connectivity index (χ4n) is 2.24. The van der Waals surface area contributed by atoms with Crippen LogP contribution in [0.2, 0.25) is 0 Å². The van der Waals surface area contributed by atoms with Crippen LogP contribution in [0.25, 0.3) is 0 Å². The van der Waals surface area contributed by atoms with E-state index in [0.717, 1.165) is 4.47 Å². The molecular weight excluding hydrogens is 376 g/mol. The van der Waals surface area contributed by atoms with Crippen LogP contribution in [0.1, 0.15) is 30.4 Å². The third kappa shape index (κ3) is 4.17. The zero-order chi connectivity index (χ0) is 17.9. The van der Waals surface area contributed by atoms with Crippen LogP contribution in [-0.2, 0) is 4.79 Å². The number of carboxylic acids is 1. The number of ether oxygens (including phenoxy) is 1. The van der Waals surface area contributed by atoms with E-state index in [9.17, 15) is 9.59 Å². The Balaban J connectivity index is 2.17. The van der Waals surface area contributed by atoms with Gasteiger partial charge in [-0.25, -0.2) is 4.79 Å². The van der Waals surface area contributed by atoms with Crippen molar-refractivity contribution in [3.8, 4) is 5.75 Å². The van der Waals surface area contributed by atoms with E-state index in [0.29, 0.717) is 17.1 Å². The number of carboxylic acid groups (broad SMARTS) is 1. The Morgan fingerprint density at radius 2 is 1.92 bits per heavy atom. The summed E-state index contributed by atoms with van der Waals surface area (Å²) < 4.78 is 7.85. The third-order valence-corrected chi connectivity index (χ3v) is 3.92. The summed E-state index contributed by atoms with van der Waals surface area (Å²) in [4.78, 5) is 24.8. The van der Waals surface area contributed by atoms with E-state index < -0.39 is 12.6 Å².